The van der Waals surface area contributed by atoms with E-state index in [0.29, 0.717) is 25.0 Å². The first-order valence-corrected chi connectivity index (χ1v) is 14.2. The summed E-state index contributed by atoms with van der Waals surface area (Å²) in [7, 11) is 0. The molecule has 0 saturated heterocycles. The highest BCUT2D eigenvalue weighted by Gasteiger charge is 2.32. The molecule has 0 aliphatic rings. The van der Waals surface area contributed by atoms with E-state index in [1.807, 2.05) is 69.2 Å². The Hall–Kier alpha value is -2.30. The molecule has 0 saturated carbocycles. The normalized spacial score (nSPS) is 13.9. The number of ketones is 1. The Morgan fingerprint density at radius 3 is 2.10 bits per heavy atom. The molecule has 1 aromatic rings. The number of aromatic amines is 1. The first kappa shape index (κ1) is 35.7. The van der Waals surface area contributed by atoms with Crippen molar-refractivity contribution >= 4 is 11.7 Å². The molecule has 1 amide bonds. The smallest absolute Gasteiger partial charge is 0.328 e. The number of carbonyl (C=O) groups is 2. The van der Waals surface area contributed by atoms with Crippen LogP contribution in [-0.4, -0.2) is 73.7 Å². The summed E-state index contributed by atoms with van der Waals surface area (Å²) in [5, 5.41) is 13.6. The zero-order valence-corrected chi connectivity index (χ0v) is 26.9. The number of amides is 1. The lowest BCUT2D eigenvalue weighted by atomic mass is 9.90. The van der Waals surface area contributed by atoms with Gasteiger partial charge in [0.15, 0.2) is 5.78 Å². The second kappa shape index (κ2) is 13.6. The zero-order chi connectivity index (χ0) is 31.3. The second-order valence-electron chi connectivity index (χ2n) is 14.5. The number of ether oxygens (including phenoxy) is 1. The van der Waals surface area contributed by atoms with Crippen LogP contribution in [0, 0.1) is 5.41 Å². The molecule has 0 aromatic carbocycles. The average Bonchev–Trinajstić information content (AvgIpc) is 2.71. The highest BCUT2D eigenvalue weighted by Crippen LogP contribution is 2.22. The highest BCUT2D eigenvalue weighted by atomic mass is 16.5. The molecule has 10 nitrogen and oxygen atoms in total. The molecule has 10 heteroatoms. The van der Waals surface area contributed by atoms with Gasteiger partial charge in [-0.25, -0.2) is 4.79 Å². The Labute approximate surface area is 239 Å². The van der Waals surface area contributed by atoms with E-state index in [1.54, 1.807) is 13.8 Å². The van der Waals surface area contributed by atoms with Crippen molar-refractivity contribution in [2.45, 2.75) is 131 Å². The summed E-state index contributed by atoms with van der Waals surface area (Å²) in [6.07, 6.45) is 2.43. The van der Waals surface area contributed by atoms with Gasteiger partial charge in [-0.15, -0.1) is 0 Å². The molecule has 40 heavy (non-hydrogen) atoms. The van der Waals surface area contributed by atoms with Crippen molar-refractivity contribution in [1.29, 1.82) is 0 Å². The van der Waals surface area contributed by atoms with E-state index in [4.69, 9.17) is 4.74 Å². The number of Topliss-reactive ketones (excluding diaryl/α,β-unsaturated/α-hetero) is 1. The molecule has 0 spiro atoms. The molecule has 0 radical (unpaired) electrons. The minimum absolute atomic E-state index is 0.104. The van der Waals surface area contributed by atoms with E-state index >= 15 is 0 Å². The Morgan fingerprint density at radius 2 is 1.62 bits per heavy atom. The standard InChI is InChI=1S/C30H54N4O6/c1-20(2)22-17-34(26(38)31-25(22)37)19-24(36)33(18-23(35)27(3,4)5)16-21(32-28(6,7)8)15-30(11,12)40-14-13-29(9,10)39/h17,20-21,32,39H,13-16,18-19H2,1-12H3,(H,31,37,38)/t21-/m0/s1. The van der Waals surface area contributed by atoms with Gasteiger partial charge in [-0.3, -0.25) is 23.9 Å². The molecule has 1 rings (SSSR count). The fraction of sp³-hybridized carbons (Fsp3) is 0.800. The van der Waals surface area contributed by atoms with Gasteiger partial charge >= 0.3 is 5.69 Å². The molecule has 0 bridgehead atoms. The predicted molar refractivity (Wildman–Crippen MR) is 159 cm³/mol. The van der Waals surface area contributed by atoms with Crippen LogP contribution in [0.15, 0.2) is 15.8 Å². The van der Waals surface area contributed by atoms with Crippen molar-refractivity contribution in [3.8, 4) is 0 Å². The molecule has 230 valence electrons. The van der Waals surface area contributed by atoms with E-state index in [1.165, 1.54) is 15.7 Å². The number of aromatic nitrogens is 2. The Balaban J connectivity index is 3.33. The van der Waals surface area contributed by atoms with Crippen LogP contribution in [0.25, 0.3) is 0 Å². The van der Waals surface area contributed by atoms with Crippen LogP contribution >= 0.6 is 0 Å². The number of hydrogen-bond acceptors (Lipinski definition) is 7. The summed E-state index contributed by atoms with van der Waals surface area (Å²) in [5.74, 6) is -0.640. The topological polar surface area (TPSA) is 134 Å². The Kier molecular flexibility index (Phi) is 12.1. The van der Waals surface area contributed by atoms with Gasteiger partial charge < -0.3 is 20.1 Å². The van der Waals surface area contributed by atoms with E-state index in [-0.39, 0.29) is 42.9 Å². The van der Waals surface area contributed by atoms with Gasteiger partial charge in [0, 0.05) is 35.3 Å². The third-order valence-corrected chi connectivity index (χ3v) is 6.51. The summed E-state index contributed by atoms with van der Waals surface area (Å²) in [4.78, 5) is 55.3. The molecule has 1 heterocycles. The van der Waals surface area contributed by atoms with Crippen molar-refractivity contribution in [2.75, 3.05) is 19.7 Å². The van der Waals surface area contributed by atoms with Crippen LogP contribution in [0.3, 0.4) is 0 Å². The summed E-state index contributed by atoms with van der Waals surface area (Å²) in [5.41, 5.74) is -3.12. The van der Waals surface area contributed by atoms with E-state index in [2.05, 4.69) is 10.3 Å². The van der Waals surface area contributed by atoms with Crippen molar-refractivity contribution in [3.63, 3.8) is 0 Å². The summed E-state index contributed by atoms with van der Waals surface area (Å²) < 4.78 is 7.33. The molecule has 0 aliphatic carbocycles. The van der Waals surface area contributed by atoms with Crippen molar-refractivity contribution in [1.82, 2.24) is 19.8 Å². The molecule has 3 N–H and O–H groups in total. The molecule has 1 atom stereocenters. The molecule has 1 aromatic heterocycles. The minimum Gasteiger partial charge on any atom is -0.390 e. The number of H-pyrrole nitrogens is 1. The number of hydrogen-bond donors (Lipinski definition) is 3. The van der Waals surface area contributed by atoms with Gasteiger partial charge in [0.2, 0.25) is 5.91 Å². The maximum atomic E-state index is 13.7. The van der Waals surface area contributed by atoms with Gasteiger partial charge in [0.25, 0.3) is 5.56 Å². The highest BCUT2D eigenvalue weighted by molar-refractivity contribution is 5.89. The van der Waals surface area contributed by atoms with Gasteiger partial charge in [-0.1, -0.05) is 34.6 Å². The molecular formula is C30H54N4O6. The van der Waals surface area contributed by atoms with Crippen LogP contribution < -0.4 is 16.6 Å². The number of nitrogens with zero attached hydrogens (tertiary/aromatic N) is 2. The lowest BCUT2D eigenvalue weighted by Crippen LogP contribution is -2.54. The number of rotatable bonds is 14. The lowest BCUT2D eigenvalue weighted by Gasteiger charge is -2.38. The zero-order valence-electron chi connectivity index (χ0n) is 26.9. The molecule has 0 unspecified atom stereocenters. The van der Waals surface area contributed by atoms with Crippen LogP contribution in [-0.2, 0) is 20.9 Å². The number of nitrogens with one attached hydrogen (secondary N) is 2. The van der Waals surface area contributed by atoms with Crippen molar-refractivity contribution in [2.24, 2.45) is 5.41 Å². The lowest BCUT2D eigenvalue weighted by molar-refractivity contribution is -0.139. The van der Waals surface area contributed by atoms with Crippen LogP contribution in [0.2, 0.25) is 0 Å². The van der Waals surface area contributed by atoms with Crippen LogP contribution in [0.4, 0.5) is 0 Å². The van der Waals surface area contributed by atoms with Gasteiger partial charge in [-0.2, -0.15) is 0 Å². The predicted octanol–water partition coefficient (Wildman–Crippen LogP) is 3.21. The maximum absolute atomic E-state index is 13.7. The van der Waals surface area contributed by atoms with Crippen molar-refractivity contribution in [3.05, 3.63) is 32.6 Å². The largest absolute Gasteiger partial charge is 0.390 e. The van der Waals surface area contributed by atoms with Gasteiger partial charge in [0.05, 0.1) is 24.4 Å². The fourth-order valence-electron chi connectivity index (χ4n) is 4.23. The third kappa shape index (κ3) is 12.9. The molecule has 0 fully saturated rings. The first-order valence-electron chi connectivity index (χ1n) is 14.2. The summed E-state index contributed by atoms with van der Waals surface area (Å²) >= 11 is 0. The monoisotopic (exact) mass is 566 g/mol. The van der Waals surface area contributed by atoms with E-state index < -0.39 is 33.8 Å². The minimum atomic E-state index is -0.842. The third-order valence-electron chi connectivity index (χ3n) is 6.51. The Bertz CT molecular complexity index is 1110. The van der Waals surface area contributed by atoms with Crippen molar-refractivity contribution < 1.29 is 19.4 Å². The van der Waals surface area contributed by atoms with E-state index in [9.17, 15) is 24.3 Å². The Morgan fingerprint density at radius 1 is 1.05 bits per heavy atom. The van der Waals surface area contributed by atoms with Gasteiger partial charge in [-0.05, 0) is 67.2 Å². The summed E-state index contributed by atoms with van der Waals surface area (Å²) in [6.45, 7) is 22.8. The SMILES string of the molecule is CC(C)c1cn(CC(=O)N(CC(=O)C(C)(C)C)C[C@H](CC(C)(C)OCCC(C)(C)O)NC(C)(C)C)c(=O)[nH]c1=O. The van der Waals surface area contributed by atoms with Gasteiger partial charge in [0.1, 0.15) is 6.54 Å². The quantitative estimate of drug-likeness (QED) is 0.315. The molecular weight excluding hydrogens is 512 g/mol. The number of aliphatic hydroxyl groups is 1. The fourth-order valence-corrected chi connectivity index (χ4v) is 4.23. The van der Waals surface area contributed by atoms with E-state index in [0.717, 1.165) is 0 Å². The second-order valence-corrected chi connectivity index (χ2v) is 14.5. The van der Waals surface area contributed by atoms with Crippen LogP contribution in [0.5, 0.6) is 0 Å². The number of carbonyl (C=O) groups excluding carboxylic acids is 2. The summed E-state index contributed by atoms with van der Waals surface area (Å²) in [6, 6.07) is -0.243. The maximum Gasteiger partial charge on any atom is 0.328 e. The molecule has 0 aliphatic heterocycles. The first-order chi connectivity index (χ1) is 17.9. The average molecular weight is 567 g/mol. The van der Waals surface area contributed by atoms with Crippen LogP contribution in [0.1, 0.15) is 107 Å².